The van der Waals surface area contributed by atoms with E-state index in [0.29, 0.717) is 0 Å². The van der Waals surface area contributed by atoms with Crippen molar-refractivity contribution in [3.8, 4) is 0 Å². The van der Waals surface area contributed by atoms with Gasteiger partial charge in [-0.2, -0.15) is 26.3 Å². The predicted molar refractivity (Wildman–Crippen MR) is 98.8 cm³/mol. The minimum absolute atomic E-state index is 1.06. The van der Waals surface area contributed by atoms with E-state index in [0.717, 1.165) is 13.1 Å². The topological polar surface area (TPSA) is 132 Å². The van der Waals surface area contributed by atoms with Gasteiger partial charge in [-0.1, -0.05) is 0 Å². The highest BCUT2D eigenvalue weighted by Gasteiger charge is 2.37. The van der Waals surface area contributed by atoms with Crippen LogP contribution in [0.2, 0.25) is 0 Å². The highest BCUT2D eigenvalue weighted by molar-refractivity contribution is 7.86. The predicted octanol–water partition coefficient (Wildman–Crippen LogP) is 1.08. The molecule has 2 aromatic heterocycles. The third kappa shape index (κ3) is 13.2. The van der Waals surface area contributed by atoms with E-state index < -0.39 is 31.3 Å². The van der Waals surface area contributed by atoms with Crippen LogP contribution in [0.15, 0.2) is 31.1 Å². The van der Waals surface area contributed by atoms with Crippen LogP contribution in [0.4, 0.5) is 26.3 Å². The third-order valence-corrected chi connectivity index (χ3v) is 4.63. The molecule has 2 heterocycles. The zero-order valence-electron chi connectivity index (χ0n) is 18.1. The molecule has 0 aliphatic rings. The summed E-state index contributed by atoms with van der Waals surface area (Å²) in [6.07, 6.45) is 10.3. The molecule has 10 nitrogen and oxygen atoms in total. The Balaban J connectivity index is 0. The standard InChI is InChI=1S/C7H13N2.C6H11N2.2CHF3O3S/c1-4-9-6-5-8(3)7(9)2;1-3-8-5-4-7(2)6-8;2*2-1(3,4)8(5,6)7/h5-6H,4H2,1-3H3;4-6H,3H2,1-2H3;2*(H,5,6,7)/q2*+1;;/p-2. The maximum atomic E-state index is 10.7. The van der Waals surface area contributed by atoms with Crippen molar-refractivity contribution in [2.24, 2.45) is 14.1 Å². The molecule has 0 radical (unpaired) electrons. The first-order valence-corrected chi connectivity index (χ1v) is 11.5. The van der Waals surface area contributed by atoms with E-state index in [-0.39, 0.29) is 0 Å². The van der Waals surface area contributed by atoms with Gasteiger partial charge in [-0.05, 0) is 13.8 Å². The van der Waals surface area contributed by atoms with Crippen LogP contribution in [0.5, 0.6) is 0 Å². The second-order valence-corrected chi connectivity index (χ2v) is 8.69. The Labute approximate surface area is 187 Å². The normalized spacial score (nSPS) is 11.9. The molecular weight excluding hydrogens is 510 g/mol. The Bertz CT molecular complexity index is 1020. The van der Waals surface area contributed by atoms with Crippen LogP contribution in [-0.2, 0) is 47.4 Å². The molecule has 2 aromatic rings. The van der Waals surface area contributed by atoms with E-state index in [2.05, 4.69) is 66.4 Å². The molecule has 0 aliphatic heterocycles. The molecule has 0 atom stereocenters. The molecule has 2 rings (SSSR count). The number of hydrogen-bond donors (Lipinski definition) is 0. The molecule has 0 unspecified atom stereocenters. The zero-order chi connectivity index (χ0) is 26.8. The fraction of sp³-hybridized carbons (Fsp3) is 0.600. The molecule has 0 saturated heterocycles. The van der Waals surface area contributed by atoms with Crippen LogP contribution in [0.3, 0.4) is 0 Å². The van der Waals surface area contributed by atoms with Crippen LogP contribution in [0.25, 0.3) is 0 Å². The van der Waals surface area contributed by atoms with Gasteiger partial charge >= 0.3 is 11.0 Å². The van der Waals surface area contributed by atoms with E-state index in [9.17, 15) is 26.3 Å². The summed E-state index contributed by atoms with van der Waals surface area (Å²) in [6, 6.07) is 0. The average Bonchev–Trinajstić information content (AvgIpc) is 3.19. The van der Waals surface area contributed by atoms with Gasteiger partial charge < -0.3 is 9.11 Å². The second kappa shape index (κ2) is 12.9. The third-order valence-electron chi connectivity index (χ3n) is 3.49. The lowest BCUT2D eigenvalue weighted by Gasteiger charge is -2.08. The first-order valence-electron chi connectivity index (χ1n) is 8.65. The number of aromatic nitrogens is 4. The van der Waals surface area contributed by atoms with E-state index >= 15 is 0 Å². The minimum Gasteiger partial charge on any atom is -0.741 e. The van der Waals surface area contributed by atoms with Gasteiger partial charge in [0.05, 0.1) is 27.2 Å². The van der Waals surface area contributed by atoms with E-state index in [4.69, 9.17) is 25.9 Å². The van der Waals surface area contributed by atoms with Gasteiger partial charge in [0.1, 0.15) is 24.8 Å². The van der Waals surface area contributed by atoms with Gasteiger partial charge in [0.25, 0.3) is 5.82 Å². The number of rotatable bonds is 2. The minimum atomic E-state index is -6.09. The monoisotopic (exact) mass is 534 g/mol. The molecule has 0 aliphatic carbocycles. The van der Waals surface area contributed by atoms with Gasteiger partial charge in [-0.3, -0.25) is 0 Å². The summed E-state index contributed by atoms with van der Waals surface area (Å²) in [5.74, 6) is 1.30. The summed E-state index contributed by atoms with van der Waals surface area (Å²) < 4.78 is 126. The highest BCUT2D eigenvalue weighted by atomic mass is 32.2. The van der Waals surface area contributed by atoms with Crippen molar-refractivity contribution < 1.29 is 61.4 Å². The van der Waals surface area contributed by atoms with Crippen molar-refractivity contribution in [2.45, 2.75) is 44.9 Å². The molecule has 0 aromatic carbocycles. The number of alkyl halides is 6. The maximum absolute atomic E-state index is 10.7. The largest absolute Gasteiger partial charge is 0.741 e. The smallest absolute Gasteiger partial charge is 0.485 e. The van der Waals surface area contributed by atoms with Gasteiger partial charge in [-0.15, -0.1) is 0 Å². The van der Waals surface area contributed by atoms with Crippen molar-refractivity contribution >= 4 is 20.2 Å². The molecule has 18 heteroatoms. The summed E-state index contributed by atoms with van der Waals surface area (Å²) in [4.78, 5) is 0. The van der Waals surface area contributed by atoms with Crippen LogP contribution in [-0.4, -0.2) is 46.1 Å². The van der Waals surface area contributed by atoms with Gasteiger partial charge in [-0.25, -0.2) is 35.1 Å². The summed E-state index contributed by atoms with van der Waals surface area (Å²) in [5, 5.41) is 0. The van der Waals surface area contributed by atoms with E-state index in [1.807, 2.05) is 17.8 Å². The lowest BCUT2D eigenvalue weighted by Crippen LogP contribution is -2.29. The molecule has 0 N–H and O–H groups in total. The number of nitrogens with zero attached hydrogens (tertiary/aromatic N) is 4. The molecule has 0 spiro atoms. The quantitative estimate of drug-likeness (QED) is 0.245. The second-order valence-electron chi connectivity index (χ2n) is 5.95. The Kier molecular flexibility index (Phi) is 12.9. The maximum Gasteiger partial charge on any atom is 0.485 e. The molecule has 0 saturated carbocycles. The van der Waals surface area contributed by atoms with Crippen LogP contribution in [0.1, 0.15) is 19.7 Å². The lowest BCUT2D eigenvalue weighted by molar-refractivity contribution is -0.677. The Morgan fingerprint density at radius 3 is 1.36 bits per heavy atom. The van der Waals surface area contributed by atoms with Crippen LogP contribution >= 0.6 is 0 Å². The van der Waals surface area contributed by atoms with E-state index in [1.54, 1.807) is 0 Å². The Hall–Kier alpha value is -2.18. The van der Waals surface area contributed by atoms with Gasteiger partial charge in [0.2, 0.25) is 6.33 Å². The molecule has 194 valence electrons. The number of hydrogen-bond acceptors (Lipinski definition) is 6. The van der Waals surface area contributed by atoms with Crippen LogP contribution in [0, 0.1) is 6.92 Å². The number of aryl methyl sites for hydroxylation is 4. The summed E-state index contributed by atoms with van der Waals surface area (Å²) >= 11 is 0. The van der Waals surface area contributed by atoms with Crippen molar-refractivity contribution in [3.63, 3.8) is 0 Å². The SMILES string of the molecule is CCn1cc[n+](C)c1.CCn1cc[n+](C)c1C.O=S(=O)([O-])C(F)(F)F.O=S(=O)([O-])C(F)(F)F. The van der Waals surface area contributed by atoms with Gasteiger partial charge in [0, 0.05) is 6.92 Å². The average molecular weight is 535 g/mol. The van der Waals surface area contributed by atoms with E-state index in [1.165, 1.54) is 5.82 Å². The van der Waals surface area contributed by atoms with Crippen molar-refractivity contribution in [2.75, 3.05) is 0 Å². The number of imidazole rings is 2. The van der Waals surface area contributed by atoms with Crippen molar-refractivity contribution in [1.29, 1.82) is 0 Å². The molecular formula is C15H24F6N4O6S2. The summed E-state index contributed by atoms with van der Waals surface area (Å²) in [6.45, 7) is 8.50. The Morgan fingerprint density at radius 2 is 1.24 bits per heavy atom. The first kappa shape index (κ1) is 33.0. The van der Waals surface area contributed by atoms with Crippen LogP contribution < -0.4 is 9.13 Å². The highest BCUT2D eigenvalue weighted by Crippen LogP contribution is 2.21. The fourth-order valence-corrected chi connectivity index (χ4v) is 1.62. The molecule has 33 heavy (non-hydrogen) atoms. The summed E-state index contributed by atoms with van der Waals surface area (Å²) in [7, 11) is -8.10. The fourth-order valence-electron chi connectivity index (χ4n) is 1.62. The lowest BCUT2D eigenvalue weighted by atomic mass is 10.6. The molecule has 0 bridgehead atoms. The van der Waals surface area contributed by atoms with Gasteiger partial charge in [0.15, 0.2) is 20.2 Å². The summed E-state index contributed by atoms with van der Waals surface area (Å²) in [5.41, 5.74) is -11.3. The molecule has 0 fully saturated rings. The van der Waals surface area contributed by atoms with Crippen molar-refractivity contribution in [1.82, 2.24) is 9.13 Å². The molecule has 0 amide bonds. The Morgan fingerprint density at radius 1 is 0.848 bits per heavy atom. The first-order chi connectivity index (χ1) is 14.6. The zero-order valence-corrected chi connectivity index (χ0v) is 19.8. The number of halogens is 6. The van der Waals surface area contributed by atoms with Crippen molar-refractivity contribution in [3.05, 3.63) is 36.9 Å².